The summed E-state index contributed by atoms with van der Waals surface area (Å²) >= 11 is 5.59. The van der Waals surface area contributed by atoms with Gasteiger partial charge in [0.15, 0.2) is 5.92 Å². The van der Waals surface area contributed by atoms with Crippen LogP contribution >= 0.6 is 11.6 Å². The zero-order chi connectivity index (χ0) is 13.1. The van der Waals surface area contributed by atoms with E-state index >= 15 is 0 Å². The molecule has 0 aliphatic rings. The van der Waals surface area contributed by atoms with E-state index < -0.39 is 24.7 Å². The van der Waals surface area contributed by atoms with E-state index in [0.29, 0.717) is 5.02 Å². The summed E-state index contributed by atoms with van der Waals surface area (Å²) in [6.45, 7) is -0.987. The van der Waals surface area contributed by atoms with Gasteiger partial charge in [-0.05, 0) is 18.2 Å². The molecular weight excluding hydrogens is 261 g/mol. The first-order chi connectivity index (χ1) is 7.80. The molecule has 1 unspecified atom stereocenters. The van der Waals surface area contributed by atoms with Crippen molar-refractivity contribution < 1.29 is 27.8 Å². The Morgan fingerprint density at radius 3 is 2.59 bits per heavy atom. The van der Waals surface area contributed by atoms with Crippen LogP contribution < -0.4 is 4.74 Å². The van der Waals surface area contributed by atoms with Gasteiger partial charge in [0, 0.05) is 5.02 Å². The summed E-state index contributed by atoms with van der Waals surface area (Å²) in [5.74, 6) is -4.44. The summed E-state index contributed by atoms with van der Waals surface area (Å²) in [4.78, 5) is 10.4. The maximum atomic E-state index is 12.3. The van der Waals surface area contributed by atoms with Crippen LogP contribution in [0.4, 0.5) is 13.2 Å². The first-order valence-electron chi connectivity index (χ1n) is 4.48. The summed E-state index contributed by atoms with van der Waals surface area (Å²) in [6, 6.07) is 5.70. The zero-order valence-corrected chi connectivity index (χ0v) is 9.13. The number of carboxylic acids is 1. The molecule has 0 saturated carbocycles. The Morgan fingerprint density at radius 1 is 1.47 bits per heavy atom. The average molecular weight is 269 g/mol. The molecule has 0 bridgehead atoms. The van der Waals surface area contributed by atoms with Crippen molar-refractivity contribution in [2.24, 2.45) is 5.92 Å². The lowest BCUT2D eigenvalue weighted by atomic mass is 10.1. The topological polar surface area (TPSA) is 46.5 Å². The number of hydrogen-bond donors (Lipinski definition) is 1. The number of halogens is 4. The third-order valence-electron chi connectivity index (χ3n) is 1.91. The number of benzene rings is 1. The maximum absolute atomic E-state index is 12.3. The molecule has 0 heterocycles. The lowest BCUT2D eigenvalue weighted by molar-refractivity contribution is -0.198. The molecule has 1 atom stereocenters. The van der Waals surface area contributed by atoms with E-state index in [1.807, 2.05) is 0 Å². The van der Waals surface area contributed by atoms with Crippen molar-refractivity contribution in [3.8, 4) is 5.75 Å². The number of alkyl halides is 3. The average Bonchev–Trinajstić information content (AvgIpc) is 2.15. The number of rotatable bonds is 4. The van der Waals surface area contributed by atoms with Gasteiger partial charge in [-0.2, -0.15) is 13.2 Å². The molecule has 1 aromatic carbocycles. The quantitative estimate of drug-likeness (QED) is 0.913. The van der Waals surface area contributed by atoms with Crippen LogP contribution in [0.5, 0.6) is 5.75 Å². The maximum Gasteiger partial charge on any atom is 0.405 e. The van der Waals surface area contributed by atoms with Gasteiger partial charge < -0.3 is 9.84 Å². The fraction of sp³-hybridized carbons (Fsp3) is 0.300. The summed E-state index contributed by atoms with van der Waals surface area (Å²) in [6.07, 6.45) is -4.84. The van der Waals surface area contributed by atoms with E-state index in [2.05, 4.69) is 0 Å². The summed E-state index contributed by atoms with van der Waals surface area (Å²) in [5, 5.41) is 8.71. The largest absolute Gasteiger partial charge is 0.492 e. The standard InChI is InChI=1S/C10H8ClF3O3/c11-6-2-1-3-7(4-6)17-5-8(9(15)16)10(12,13)14/h1-4,8H,5H2,(H,15,16). The van der Waals surface area contributed by atoms with Gasteiger partial charge in [0.2, 0.25) is 0 Å². The molecule has 94 valence electrons. The first kappa shape index (κ1) is 13.6. The Hall–Kier alpha value is -1.43. The van der Waals surface area contributed by atoms with Crippen molar-refractivity contribution in [2.45, 2.75) is 6.18 Å². The normalized spacial score (nSPS) is 13.2. The minimum absolute atomic E-state index is 0.0907. The summed E-state index contributed by atoms with van der Waals surface area (Å²) in [5.41, 5.74) is 0. The van der Waals surface area contributed by atoms with Crippen molar-refractivity contribution in [3.63, 3.8) is 0 Å². The minimum atomic E-state index is -4.84. The van der Waals surface area contributed by atoms with E-state index in [-0.39, 0.29) is 5.75 Å². The Bertz CT molecular complexity index is 406. The van der Waals surface area contributed by atoms with Crippen LogP contribution in [0, 0.1) is 5.92 Å². The van der Waals surface area contributed by atoms with Crippen molar-refractivity contribution in [1.82, 2.24) is 0 Å². The van der Waals surface area contributed by atoms with Crippen molar-refractivity contribution in [1.29, 1.82) is 0 Å². The highest BCUT2D eigenvalue weighted by Crippen LogP contribution is 2.27. The molecule has 17 heavy (non-hydrogen) atoms. The number of ether oxygens (including phenoxy) is 1. The highest BCUT2D eigenvalue weighted by atomic mass is 35.5. The predicted molar refractivity (Wildman–Crippen MR) is 54.1 cm³/mol. The van der Waals surface area contributed by atoms with Crippen LogP contribution in [0.3, 0.4) is 0 Å². The Balaban J connectivity index is 2.68. The molecule has 0 radical (unpaired) electrons. The molecule has 0 spiro atoms. The minimum Gasteiger partial charge on any atom is -0.492 e. The second kappa shape index (κ2) is 5.27. The molecule has 0 amide bonds. The molecule has 0 fully saturated rings. The monoisotopic (exact) mass is 268 g/mol. The Morgan fingerprint density at radius 2 is 2.12 bits per heavy atom. The van der Waals surface area contributed by atoms with Crippen molar-refractivity contribution in [2.75, 3.05) is 6.61 Å². The van der Waals surface area contributed by atoms with Gasteiger partial charge in [0.1, 0.15) is 12.4 Å². The van der Waals surface area contributed by atoms with Crippen LogP contribution in [0.15, 0.2) is 24.3 Å². The first-order valence-corrected chi connectivity index (χ1v) is 4.86. The second-order valence-corrected chi connectivity index (χ2v) is 3.64. The highest BCUT2D eigenvalue weighted by Gasteiger charge is 2.45. The number of carboxylic acid groups (broad SMARTS) is 1. The Labute approximate surface area is 99.8 Å². The van der Waals surface area contributed by atoms with E-state index in [4.69, 9.17) is 21.4 Å². The van der Waals surface area contributed by atoms with Crippen LogP contribution in [0.1, 0.15) is 0 Å². The molecule has 1 aromatic rings. The second-order valence-electron chi connectivity index (χ2n) is 3.20. The fourth-order valence-electron chi connectivity index (χ4n) is 1.04. The number of aliphatic carboxylic acids is 1. The van der Waals surface area contributed by atoms with Gasteiger partial charge in [-0.1, -0.05) is 17.7 Å². The van der Waals surface area contributed by atoms with Crippen LogP contribution in [-0.4, -0.2) is 23.9 Å². The highest BCUT2D eigenvalue weighted by molar-refractivity contribution is 6.30. The van der Waals surface area contributed by atoms with Crippen LogP contribution in [0.2, 0.25) is 5.02 Å². The van der Waals surface area contributed by atoms with Gasteiger partial charge in [0.25, 0.3) is 0 Å². The van der Waals surface area contributed by atoms with Gasteiger partial charge in [-0.25, -0.2) is 0 Å². The molecule has 0 aliphatic heterocycles. The fourth-order valence-corrected chi connectivity index (χ4v) is 1.22. The van der Waals surface area contributed by atoms with Gasteiger partial charge in [-0.3, -0.25) is 4.79 Å². The molecule has 1 rings (SSSR count). The van der Waals surface area contributed by atoms with Gasteiger partial charge in [-0.15, -0.1) is 0 Å². The third kappa shape index (κ3) is 4.14. The van der Waals surface area contributed by atoms with Crippen LogP contribution in [-0.2, 0) is 4.79 Å². The van der Waals surface area contributed by atoms with Crippen LogP contribution in [0.25, 0.3) is 0 Å². The lowest BCUT2D eigenvalue weighted by Crippen LogP contribution is -2.35. The molecule has 3 nitrogen and oxygen atoms in total. The van der Waals surface area contributed by atoms with Gasteiger partial charge >= 0.3 is 12.1 Å². The predicted octanol–water partition coefficient (Wildman–Crippen LogP) is 2.98. The number of carbonyl (C=O) groups is 1. The van der Waals surface area contributed by atoms with E-state index in [1.165, 1.54) is 24.3 Å². The Kier molecular flexibility index (Phi) is 4.22. The summed E-state index contributed by atoms with van der Waals surface area (Å²) in [7, 11) is 0. The molecule has 7 heteroatoms. The SMILES string of the molecule is O=C(O)C(COc1cccc(Cl)c1)C(F)(F)F. The smallest absolute Gasteiger partial charge is 0.405 e. The van der Waals surface area contributed by atoms with E-state index in [9.17, 15) is 18.0 Å². The molecule has 1 N–H and O–H groups in total. The zero-order valence-electron chi connectivity index (χ0n) is 8.37. The number of hydrogen-bond acceptors (Lipinski definition) is 2. The lowest BCUT2D eigenvalue weighted by Gasteiger charge is -2.16. The molecule has 0 saturated heterocycles. The van der Waals surface area contributed by atoms with Gasteiger partial charge in [0.05, 0.1) is 0 Å². The van der Waals surface area contributed by atoms with E-state index in [0.717, 1.165) is 0 Å². The molecule has 0 aliphatic carbocycles. The molecule has 0 aromatic heterocycles. The van der Waals surface area contributed by atoms with Crippen molar-refractivity contribution >= 4 is 17.6 Å². The van der Waals surface area contributed by atoms with E-state index in [1.54, 1.807) is 0 Å². The third-order valence-corrected chi connectivity index (χ3v) is 2.14. The van der Waals surface area contributed by atoms with Crippen molar-refractivity contribution in [3.05, 3.63) is 29.3 Å². The summed E-state index contributed by atoms with van der Waals surface area (Å²) < 4.78 is 41.5. The molecular formula is C10H8ClF3O3.